The van der Waals surface area contributed by atoms with Crippen molar-refractivity contribution in [3.63, 3.8) is 0 Å². The van der Waals surface area contributed by atoms with Gasteiger partial charge in [-0.2, -0.15) is 0 Å². The van der Waals surface area contributed by atoms with E-state index in [1.165, 1.54) is 0 Å². The summed E-state index contributed by atoms with van der Waals surface area (Å²) in [6.45, 7) is 8.89. The van der Waals surface area contributed by atoms with Gasteiger partial charge >= 0.3 is 0 Å². The predicted octanol–water partition coefficient (Wildman–Crippen LogP) is 3.66. The molecule has 0 aliphatic carbocycles. The van der Waals surface area contributed by atoms with Gasteiger partial charge in [0.2, 0.25) is 5.28 Å². The first-order valence-corrected chi connectivity index (χ1v) is 7.23. The van der Waals surface area contributed by atoms with Gasteiger partial charge < -0.3 is 9.88 Å². The van der Waals surface area contributed by atoms with Crippen LogP contribution in [0.4, 0.5) is 0 Å². The fourth-order valence-electron chi connectivity index (χ4n) is 2.10. The van der Waals surface area contributed by atoms with Gasteiger partial charge in [-0.25, -0.2) is 4.98 Å². The molecule has 0 radical (unpaired) electrons. The van der Waals surface area contributed by atoms with Crippen molar-refractivity contribution >= 4 is 28.5 Å². The van der Waals surface area contributed by atoms with Crippen molar-refractivity contribution in [1.82, 2.24) is 14.9 Å². The Balaban J connectivity index is 2.33. The van der Waals surface area contributed by atoms with Gasteiger partial charge in [0.25, 0.3) is 5.91 Å². The third kappa shape index (κ3) is 2.96. The molecule has 1 aromatic carbocycles. The molecule has 0 spiro atoms. The summed E-state index contributed by atoms with van der Waals surface area (Å²) in [5, 5.41) is 3.35. The number of hydrogen-bond donors (Lipinski definition) is 1. The highest BCUT2D eigenvalue weighted by molar-refractivity contribution is 6.29. The summed E-state index contributed by atoms with van der Waals surface area (Å²) in [4.78, 5) is 16.4. The van der Waals surface area contributed by atoms with E-state index in [-0.39, 0.29) is 11.9 Å². The standard InChI is InChI=1S/C15H20ClN3O/c1-9(2)8-17-14(20)11-5-6-13-12(7-11)18-15(16)19(13)10(3)4/h5-7,9-10H,8H2,1-4H3,(H,17,20). The minimum absolute atomic E-state index is 0.0733. The number of halogens is 1. The molecule has 0 saturated heterocycles. The normalized spacial score (nSPS) is 11.6. The van der Waals surface area contributed by atoms with Crippen molar-refractivity contribution in [1.29, 1.82) is 0 Å². The minimum Gasteiger partial charge on any atom is -0.352 e. The summed E-state index contributed by atoms with van der Waals surface area (Å²) in [6, 6.07) is 5.73. The van der Waals surface area contributed by atoms with Crippen LogP contribution in [0.5, 0.6) is 0 Å². The minimum atomic E-state index is -0.0733. The Morgan fingerprint density at radius 3 is 2.65 bits per heavy atom. The first-order valence-electron chi connectivity index (χ1n) is 6.85. The van der Waals surface area contributed by atoms with Crippen LogP contribution in [0.15, 0.2) is 18.2 Å². The van der Waals surface area contributed by atoms with E-state index in [1.54, 1.807) is 6.07 Å². The number of imidazole rings is 1. The molecule has 0 aliphatic heterocycles. The van der Waals surface area contributed by atoms with Crippen LogP contribution < -0.4 is 5.32 Å². The lowest BCUT2D eigenvalue weighted by Gasteiger charge is -2.10. The van der Waals surface area contributed by atoms with Gasteiger partial charge in [0, 0.05) is 18.2 Å². The van der Waals surface area contributed by atoms with E-state index < -0.39 is 0 Å². The van der Waals surface area contributed by atoms with E-state index >= 15 is 0 Å². The molecule has 1 amide bonds. The van der Waals surface area contributed by atoms with Crippen LogP contribution in [0.1, 0.15) is 44.1 Å². The predicted molar refractivity (Wildman–Crippen MR) is 82.3 cm³/mol. The van der Waals surface area contributed by atoms with E-state index in [1.807, 2.05) is 16.7 Å². The topological polar surface area (TPSA) is 46.9 Å². The molecule has 1 aromatic heterocycles. The number of benzene rings is 1. The van der Waals surface area contributed by atoms with Gasteiger partial charge in [-0.3, -0.25) is 4.79 Å². The molecule has 0 atom stereocenters. The van der Waals surface area contributed by atoms with E-state index in [0.717, 1.165) is 11.0 Å². The van der Waals surface area contributed by atoms with E-state index in [0.29, 0.717) is 23.3 Å². The average molecular weight is 294 g/mol. The SMILES string of the molecule is CC(C)CNC(=O)c1ccc2c(c1)nc(Cl)n2C(C)C. The summed E-state index contributed by atoms with van der Waals surface area (Å²) in [5.41, 5.74) is 2.31. The van der Waals surface area contributed by atoms with Gasteiger partial charge in [-0.1, -0.05) is 13.8 Å². The Bertz CT molecular complexity index is 631. The zero-order valence-corrected chi connectivity index (χ0v) is 13.0. The second-order valence-electron chi connectivity index (χ2n) is 5.65. The Hall–Kier alpha value is -1.55. The van der Waals surface area contributed by atoms with Gasteiger partial charge in [0.15, 0.2) is 0 Å². The largest absolute Gasteiger partial charge is 0.352 e. The van der Waals surface area contributed by atoms with Crippen molar-refractivity contribution in [2.24, 2.45) is 5.92 Å². The maximum atomic E-state index is 12.0. The molecule has 0 fully saturated rings. The number of rotatable bonds is 4. The molecule has 20 heavy (non-hydrogen) atoms. The summed E-state index contributed by atoms with van der Waals surface area (Å²) >= 11 is 6.15. The van der Waals surface area contributed by atoms with Gasteiger partial charge in [-0.15, -0.1) is 0 Å². The average Bonchev–Trinajstić information content (AvgIpc) is 2.70. The Morgan fingerprint density at radius 1 is 1.35 bits per heavy atom. The molecule has 0 unspecified atom stereocenters. The summed E-state index contributed by atoms with van der Waals surface area (Å²) in [7, 11) is 0. The highest BCUT2D eigenvalue weighted by atomic mass is 35.5. The second kappa shape index (κ2) is 5.83. The molecular formula is C15H20ClN3O. The van der Waals surface area contributed by atoms with Crippen LogP contribution in [0, 0.1) is 5.92 Å². The van der Waals surface area contributed by atoms with Crippen LogP contribution in [0.25, 0.3) is 11.0 Å². The van der Waals surface area contributed by atoms with Crippen LogP contribution >= 0.6 is 11.6 Å². The lowest BCUT2D eigenvalue weighted by molar-refractivity contribution is 0.0949. The van der Waals surface area contributed by atoms with E-state index in [9.17, 15) is 4.79 Å². The molecule has 4 nitrogen and oxygen atoms in total. The van der Waals surface area contributed by atoms with Crippen LogP contribution in [-0.2, 0) is 0 Å². The van der Waals surface area contributed by atoms with Crippen molar-refractivity contribution in [3.8, 4) is 0 Å². The highest BCUT2D eigenvalue weighted by Gasteiger charge is 2.14. The molecule has 0 aliphatic rings. The van der Waals surface area contributed by atoms with Crippen molar-refractivity contribution in [3.05, 3.63) is 29.0 Å². The number of amides is 1. The smallest absolute Gasteiger partial charge is 0.251 e. The van der Waals surface area contributed by atoms with Crippen molar-refractivity contribution in [2.45, 2.75) is 33.7 Å². The van der Waals surface area contributed by atoms with Crippen LogP contribution in [0.2, 0.25) is 5.28 Å². The Labute approximate surface area is 124 Å². The first-order chi connectivity index (χ1) is 9.40. The monoisotopic (exact) mass is 293 g/mol. The van der Waals surface area contributed by atoms with Crippen LogP contribution in [-0.4, -0.2) is 22.0 Å². The maximum Gasteiger partial charge on any atom is 0.251 e. The Kier molecular flexibility index (Phi) is 4.33. The number of nitrogens with one attached hydrogen (secondary N) is 1. The van der Waals surface area contributed by atoms with Gasteiger partial charge in [0.1, 0.15) is 0 Å². The zero-order valence-electron chi connectivity index (χ0n) is 12.3. The number of carbonyl (C=O) groups excluding carboxylic acids is 1. The quantitative estimate of drug-likeness (QED) is 0.935. The number of fused-ring (bicyclic) bond motifs is 1. The summed E-state index contributed by atoms with van der Waals surface area (Å²) in [5.74, 6) is 0.355. The molecule has 2 rings (SSSR count). The highest BCUT2D eigenvalue weighted by Crippen LogP contribution is 2.24. The number of nitrogens with zero attached hydrogens (tertiary/aromatic N) is 2. The molecule has 2 aromatic rings. The second-order valence-corrected chi connectivity index (χ2v) is 5.99. The van der Waals surface area contributed by atoms with Crippen molar-refractivity contribution in [2.75, 3.05) is 6.54 Å². The molecule has 1 N–H and O–H groups in total. The molecule has 108 valence electrons. The third-order valence-electron chi connectivity index (χ3n) is 3.10. The summed E-state index contributed by atoms with van der Waals surface area (Å²) in [6.07, 6.45) is 0. The number of aromatic nitrogens is 2. The lowest BCUT2D eigenvalue weighted by Crippen LogP contribution is -2.27. The molecular weight excluding hydrogens is 274 g/mol. The molecule has 0 saturated carbocycles. The van der Waals surface area contributed by atoms with Gasteiger partial charge in [0.05, 0.1) is 11.0 Å². The fourth-order valence-corrected chi connectivity index (χ4v) is 2.48. The molecule has 0 bridgehead atoms. The number of hydrogen-bond acceptors (Lipinski definition) is 2. The summed E-state index contributed by atoms with van der Waals surface area (Å²) < 4.78 is 1.95. The van der Waals surface area contributed by atoms with Crippen LogP contribution in [0.3, 0.4) is 0 Å². The first kappa shape index (κ1) is 14.9. The van der Waals surface area contributed by atoms with E-state index in [4.69, 9.17) is 11.6 Å². The third-order valence-corrected chi connectivity index (χ3v) is 3.36. The zero-order chi connectivity index (χ0) is 14.9. The lowest BCUT2D eigenvalue weighted by atomic mass is 10.1. The fraction of sp³-hybridized carbons (Fsp3) is 0.467. The van der Waals surface area contributed by atoms with Gasteiger partial charge in [-0.05, 0) is 49.6 Å². The van der Waals surface area contributed by atoms with E-state index in [2.05, 4.69) is 38.0 Å². The maximum absolute atomic E-state index is 12.0. The molecule has 5 heteroatoms. The Morgan fingerprint density at radius 2 is 2.05 bits per heavy atom. The molecule has 1 heterocycles. The number of carbonyl (C=O) groups is 1. The van der Waals surface area contributed by atoms with Crippen molar-refractivity contribution < 1.29 is 4.79 Å².